The zero-order valence-electron chi connectivity index (χ0n) is 11.2. The number of hydrogen-bond donors (Lipinski definition) is 1. The summed E-state index contributed by atoms with van der Waals surface area (Å²) in [5.41, 5.74) is 1.43. The molecule has 1 nitrogen and oxygen atoms in total. The molecular weight excluding hydrogens is 196 g/mol. The van der Waals surface area contributed by atoms with Crippen LogP contribution in [0.4, 0.5) is 0 Å². The first kappa shape index (κ1) is 12.2. The summed E-state index contributed by atoms with van der Waals surface area (Å²) >= 11 is 0. The molecule has 2 aliphatic rings. The monoisotopic (exact) mass is 222 g/mol. The Morgan fingerprint density at radius 1 is 1.25 bits per heavy atom. The average Bonchev–Trinajstić information content (AvgIpc) is 2.15. The van der Waals surface area contributed by atoms with Gasteiger partial charge in [0.05, 0.1) is 5.60 Å². The molecule has 0 aromatic carbocycles. The van der Waals surface area contributed by atoms with E-state index in [0.29, 0.717) is 17.3 Å². The van der Waals surface area contributed by atoms with Crippen LogP contribution in [0.1, 0.15) is 59.8 Å². The number of fused-ring (bicyclic) bond motifs is 1. The highest BCUT2D eigenvalue weighted by atomic mass is 16.3. The highest BCUT2D eigenvalue weighted by Crippen LogP contribution is 2.53. The molecule has 16 heavy (non-hydrogen) atoms. The summed E-state index contributed by atoms with van der Waals surface area (Å²) in [7, 11) is 0. The summed E-state index contributed by atoms with van der Waals surface area (Å²) in [6.45, 7) is 8.95. The minimum atomic E-state index is -0.479. The van der Waals surface area contributed by atoms with Crippen LogP contribution in [0.2, 0.25) is 0 Å². The van der Waals surface area contributed by atoms with Crippen LogP contribution in [0.3, 0.4) is 0 Å². The SMILES string of the molecule is CC(C)C1=CC2C(C)(O)CCCC2(C)CC1. The third-order valence-corrected chi connectivity index (χ3v) is 4.96. The highest BCUT2D eigenvalue weighted by Gasteiger charge is 2.48. The minimum absolute atomic E-state index is 0.347. The van der Waals surface area contributed by atoms with Gasteiger partial charge < -0.3 is 5.11 Å². The molecule has 0 bridgehead atoms. The molecule has 1 heteroatoms. The Balaban J connectivity index is 2.33. The Hall–Kier alpha value is -0.300. The van der Waals surface area contributed by atoms with Crippen molar-refractivity contribution in [2.75, 3.05) is 0 Å². The summed E-state index contributed by atoms with van der Waals surface area (Å²) in [5, 5.41) is 10.6. The molecule has 2 aliphatic carbocycles. The second kappa shape index (κ2) is 3.87. The van der Waals surface area contributed by atoms with Crippen LogP contribution >= 0.6 is 0 Å². The molecule has 0 amide bonds. The van der Waals surface area contributed by atoms with Gasteiger partial charge in [0, 0.05) is 5.92 Å². The highest BCUT2D eigenvalue weighted by molar-refractivity contribution is 5.19. The lowest BCUT2D eigenvalue weighted by Crippen LogP contribution is -2.48. The maximum atomic E-state index is 10.6. The fourth-order valence-electron chi connectivity index (χ4n) is 3.78. The normalized spacial score (nSPS) is 44.1. The number of rotatable bonds is 1. The Bertz CT molecular complexity index is 301. The van der Waals surface area contributed by atoms with Gasteiger partial charge in [0.1, 0.15) is 0 Å². The zero-order chi connectivity index (χ0) is 12.0. The lowest BCUT2D eigenvalue weighted by molar-refractivity contribution is -0.0797. The smallest absolute Gasteiger partial charge is 0.0687 e. The van der Waals surface area contributed by atoms with Crippen LogP contribution < -0.4 is 0 Å². The second-order valence-electron chi connectivity index (χ2n) is 6.74. The fraction of sp³-hybridized carbons (Fsp3) is 0.867. The summed E-state index contributed by atoms with van der Waals surface area (Å²) in [6.07, 6.45) is 8.35. The quantitative estimate of drug-likeness (QED) is 0.667. The largest absolute Gasteiger partial charge is 0.390 e. The molecule has 2 rings (SSSR count). The van der Waals surface area contributed by atoms with Crippen molar-refractivity contribution in [3.8, 4) is 0 Å². The average molecular weight is 222 g/mol. The van der Waals surface area contributed by atoms with Crippen molar-refractivity contribution >= 4 is 0 Å². The molecule has 0 aliphatic heterocycles. The van der Waals surface area contributed by atoms with E-state index in [-0.39, 0.29) is 0 Å². The van der Waals surface area contributed by atoms with Crippen LogP contribution in [0.15, 0.2) is 11.6 Å². The van der Waals surface area contributed by atoms with Gasteiger partial charge in [-0.2, -0.15) is 0 Å². The van der Waals surface area contributed by atoms with Crippen LogP contribution in [0, 0.1) is 17.3 Å². The summed E-state index contributed by atoms with van der Waals surface area (Å²) in [6, 6.07) is 0. The maximum absolute atomic E-state index is 10.6. The summed E-state index contributed by atoms with van der Waals surface area (Å²) in [4.78, 5) is 0. The van der Waals surface area contributed by atoms with Gasteiger partial charge in [-0.25, -0.2) is 0 Å². The topological polar surface area (TPSA) is 20.2 Å². The van der Waals surface area contributed by atoms with Crippen molar-refractivity contribution in [1.29, 1.82) is 0 Å². The Kier molecular flexibility index (Phi) is 2.94. The van der Waals surface area contributed by atoms with E-state index in [1.54, 1.807) is 5.57 Å². The number of allylic oxidation sites excluding steroid dienone is 1. The van der Waals surface area contributed by atoms with Crippen LogP contribution in [-0.2, 0) is 0 Å². The van der Waals surface area contributed by atoms with Gasteiger partial charge in [-0.3, -0.25) is 0 Å². The van der Waals surface area contributed by atoms with E-state index >= 15 is 0 Å². The molecule has 0 spiro atoms. The predicted octanol–water partition coefficient (Wildman–Crippen LogP) is 3.92. The van der Waals surface area contributed by atoms with E-state index in [1.807, 2.05) is 6.92 Å². The number of hydrogen-bond acceptors (Lipinski definition) is 1. The predicted molar refractivity (Wildman–Crippen MR) is 68.2 cm³/mol. The van der Waals surface area contributed by atoms with E-state index in [9.17, 15) is 5.11 Å². The number of aliphatic hydroxyl groups is 1. The van der Waals surface area contributed by atoms with E-state index in [0.717, 1.165) is 6.42 Å². The van der Waals surface area contributed by atoms with Crippen LogP contribution in [0.25, 0.3) is 0 Å². The van der Waals surface area contributed by atoms with Crippen molar-refractivity contribution < 1.29 is 5.11 Å². The van der Waals surface area contributed by atoms with Crippen molar-refractivity contribution in [2.24, 2.45) is 17.3 Å². The maximum Gasteiger partial charge on any atom is 0.0687 e. The van der Waals surface area contributed by atoms with Crippen molar-refractivity contribution in [1.82, 2.24) is 0 Å². The van der Waals surface area contributed by atoms with Gasteiger partial charge in [0.15, 0.2) is 0 Å². The molecule has 1 N–H and O–H groups in total. The van der Waals surface area contributed by atoms with Crippen molar-refractivity contribution in [2.45, 2.75) is 65.4 Å². The lowest BCUT2D eigenvalue weighted by atomic mass is 9.56. The molecule has 0 saturated heterocycles. The van der Waals surface area contributed by atoms with Gasteiger partial charge in [-0.1, -0.05) is 38.8 Å². The molecule has 0 heterocycles. The van der Waals surface area contributed by atoms with Gasteiger partial charge >= 0.3 is 0 Å². The molecule has 92 valence electrons. The fourth-order valence-corrected chi connectivity index (χ4v) is 3.78. The molecule has 0 aromatic heterocycles. The van der Waals surface area contributed by atoms with Crippen molar-refractivity contribution in [3.05, 3.63) is 11.6 Å². The van der Waals surface area contributed by atoms with E-state index in [4.69, 9.17) is 0 Å². The van der Waals surface area contributed by atoms with Gasteiger partial charge in [-0.15, -0.1) is 0 Å². The molecule has 3 unspecified atom stereocenters. The molecule has 0 radical (unpaired) electrons. The first-order chi connectivity index (χ1) is 7.35. The molecule has 1 saturated carbocycles. The minimum Gasteiger partial charge on any atom is -0.390 e. The third-order valence-electron chi connectivity index (χ3n) is 4.96. The van der Waals surface area contributed by atoms with Crippen molar-refractivity contribution in [3.63, 3.8) is 0 Å². The summed E-state index contributed by atoms with van der Waals surface area (Å²) in [5.74, 6) is 1.02. The first-order valence-electron chi connectivity index (χ1n) is 6.78. The Morgan fingerprint density at radius 3 is 2.56 bits per heavy atom. The van der Waals surface area contributed by atoms with Gasteiger partial charge in [-0.05, 0) is 43.9 Å². The van der Waals surface area contributed by atoms with Crippen LogP contribution in [0.5, 0.6) is 0 Å². The Labute approximate surface area is 99.9 Å². The summed E-state index contributed by atoms with van der Waals surface area (Å²) < 4.78 is 0. The lowest BCUT2D eigenvalue weighted by Gasteiger charge is -2.51. The standard InChI is InChI=1S/C15H26O/c1-11(2)12-6-9-14(3)7-5-8-15(4,16)13(14)10-12/h10-11,13,16H,5-9H2,1-4H3. The van der Waals surface area contributed by atoms with E-state index < -0.39 is 5.60 Å². The van der Waals surface area contributed by atoms with E-state index in [1.165, 1.54) is 25.7 Å². The second-order valence-corrected chi connectivity index (χ2v) is 6.74. The zero-order valence-corrected chi connectivity index (χ0v) is 11.2. The van der Waals surface area contributed by atoms with Gasteiger partial charge in [0.2, 0.25) is 0 Å². The third kappa shape index (κ3) is 1.95. The molecule has 0 aromatic rings. The molecule has 3 atom stereocenters. The first-order valence-corrected chi connectivity index (χ1v) is 6.78. The molecular formula is C15H26O. The van der Waals surface area contributed by atoms with E-state index in [2.05, 4.69) is 26.8 Å². The molecule has 1 fully saturated rings. The van der Waals surface area contributed by atoms with Crippen LogP contribution in [-0.4, -0.2) is 10.7 Å². The Morgan fingerprint density at radius 2 is 1.94 bits per heavy atom. The van der Waals surface area contributed by atoms with Gasteiger partial charge in [0.25, 0.3) is 0 Å².